The molecule has 38 heavy (non-hydrogen) atoms. The largest absolute Gasteiger partial charge is 0.493 e. The summed E-state index contributed by atoms with van der Waals surface area (Å²) in [4.78, 5) is 26.5. The molecular formula is C30H31NO6S. The lowest BCUT2D eigenvalue weighted by atomic mass is 9.71. The second-order valence-electron chi connectivity index (χ2n) is 9.95. The number of ketones is 2. The Morgan fingerprint density at radius 3 is 2.13 bits per heavy atom. The average Bonchev–Trinajstić information content (AvgIpc) is 2.89. The number of carbonyl (C=O) groups excluding carboxylic acids is 2. The number of hydrogen-bond donors (Lipinski definition) is 1. The first-order valence-electron chi connectivity index (χ1n) is 12.9. The molecule has 0 atom stereocenters. The van der Waals surface area contributed by atoms with E-state index in [2.05, 4.69) is 11.9 Å². The first-order valence-corrected chi connectivity index (χ1v) is 14.3. The lowest BCUT2D eigenvalue weighted by Gasteiger charge is -2.37. The molecule has 0 saturated heterocycles. The van der Waals surface area contributed by atoms with Gasteiger partial charge in [-0.05, 0) is 62.8 Å². The molecule has 2 aliphatic carbocycles. The number of Topliss-reactive ketones (excluding diaryl/α,β-unsaturated/α-hetero) is 2. The molecule has 2 aromatic carbocycles. The summed E-state index contributed by atoms with van der Waals surface area (Å²) in [6.45, 7) is 5.70. The van der Waals surface area contributed by atoms with Gasteiger partial charge in [0.25, 0.3) is 0 Å². The van der Waals surface area contributed by atoms with Crippen molar-refractivity contribution in [1.29, 1.82) is 0 Å². The van der Waals surface area contributed by atoms with Crippen molar-refractivity contribution < 1.29 is 26.9 Å². The van der Waals surface area contributed by atoms with E-state index in [1.807, 2.05) is 13.0 Å². The van der Waals surface area contributed by atoms with Crippen LogP contribution in [0.25, 0.3) is 0 Å². The Bertz CT molecular complexity index is 1460. The summed E-state index contributed by atoms with van der Waals surface area (Å²) in [5, 5.41) is 3.42. The van der Waals surface area contributed by atoms with Crippen molar-refractivity contribution in [1.82, 2.24) is 5.32 Å². The van der Waals surface area contributed by atoms with Gasteiger partial charge in [0.1, 0.15) is 4.90 Å². The van der Waals surface area contributed by atoms with Gasteiger partial charge >= 0.3 is 10.1 Å². The Balaban J connectivity index is 1.66. The number of carbonyl (C=O) groups is 2. The molecule has 1 N–H and O–H groups in total. The van der Waals surface area contributed by atoms with E-state index in [4.69, 9.17) is 8.92 Å². The molecule has 198 valence electrons. The highest BCUT2D eigenvalue weighted by Gasteiger charge is 2.41. The lowest BCUT2D eigenvalue weighted by molar-refractivity contribution is -0.117. The first kappa shape index (κ1) is 26.0. The number of benzene rings is 2. The minimum absolute atomic E-state index is 0.0280. The number of methoxy groups -OCH3 is 1. The average molecular weight is 534 g/mol. The minimum atomic E-state index is -4.15. The summed E-state index contributed by atoms with van der Waals surface area (Å²) in [5.74, 6) is -0.203. The van der Waals surface area contributed by atoms with Crippen LogP contribution in [0.15, 0.2) is 76.5 Å². The van der Waals surface area contributed by atoms with Crippen molar-refractivity contribution in [2.75, 3.05) is 7.11 Å². The summed E-state index contributed by atoms with van der Waals surface area (Å²) in [5.41, 5.74) is 5.18. The Morgan fingerprint density at radius 2 is 1.58 bits per heavy atom. The number of allylic oxidation sites excluding steroid dienone is 5. The van der Waals surface area contributed by atoms with Crippen LogP contribution in [0.4, 0.5) is 0 Å². The van der Waals surface area contributed by atoms with E-state index in [-0.39, 0.29) is 28.0 Å². The van der Waals surface area contributed by atoms with Crippen molar-refractivity contribution in [3.05, 3.63) is 88.3 Å². The predicted molar refractivity (Wildman–Crippen MR) is 144 cm³/mol. The van der Waals surface area contributed by atoms with Crippen LogP contribution in [0, 0.1) is 6.92 Å². The van der Waals surface area contributed by atoms with Crippen LogP contribution in [0.1, 0.15) is 61.1 Å². The van der Waals surface area contributed by atoms with Crippen LogP contribution in [0.2, 0.25) is 0 Å². The molecule has 8 heteroatoms. The maximum Gasteiger partial charge on any atom is 0.339 e. The standard InChI is InChI=1S/C30H31NO6S/c1-4-7-19-16-20(17-26(36-3)30(19)37-38(34,35)21-14-12-18(2)13-15-21)27-28-22(8-5-10-24(28)32)31-23-9-6-11-25(33)29(23)27/h4,12-17,27,31H,1,5-11H2,2-3H3. The highest BCUT2D eigenvalue weighted by molar-refractivity contribution is 7.87. The van der Waals surface area contributed by atoms with Crippen molar-refractivity contribution in [2.24, 2.45) is 0 Å². The summed E-state index contributed by atoms with van der Waals surface area (Å²) in [6, 6.07) is 9.92. The molecule has 0 saturated carbocycles. The summed E-state index contributed by atoms with van der Waals surface area (Å²) in [6.07, 6.45) is 5.84. The number of aryl methyl sites for hydroxylation is 1. The summed E-state index contributed by atoms with van der Waals surface area (Å²) in [7, 11) is -2.71. The quantitative estimate of drug-likeness (QED) is 0.386. The minimum Gasteiger partial charge on any atom is -0.493 e. The van der Waals surface area contributed by atoms with Gasteiger partial charge in [-0.25, -0.2) is 0 Å². The molecule has 0 bridgehead atoms. The van der Waals surface area contributed by atoms with E-state index in [1.54, 1.807) is 24.3 Å². The fraction of sp³-hybridized carbons (Fsp3) is 0.333. The molecule has 1 heterocycles. The number of rotatable bonds is 7. The zero-order valence-corrected chi connectivity index (χ0v) is 22.4. The molecule has 0 amide bonds. The summed E-state index contributed by atoms with van der Waals surface area (Å²) >= 11 is 0. The molecule has 2 aromatic rings. The number of nitrogens with one attached hydrogen (secondary N) is 1. The van der Waals surface area contributed by atoms with E-state index in [0.29, 0.717) is 41.5 Å². The Hall–Kier alpha value is -3.65. The number of ether oxygens (including phenoxy) is 1. The first-order chi connectivity index (χ1) is 18.2. The van der Waals surface area contributed by atoms with Gasteiger partial charge in [-0.2, -0.15) is 8.42 Å². The van der Waals surface area contributed by atoms with Gasteiger partial charge in [-0.1, -0.05) is 29.8 Å². The van der Waals surface area contributed by atoms with Gasteiger partial charge in [0.15, 0.2) is 23.1 Å². The SMILES string of the molecule is C=CCc1cc(C2C3=C(CCCC3=O)NC3=C2C(=O)CCC3)cc(OC)c1OS(=O)(=O)c1ccc(C)cc1. The van der Waals surface area contributed by atoms with Gasteiger partial charge < -0.3 is 14.2 Å². The molecule has 0 fully saturated rings. The van der Waals surface area contributed by atoms with Gasteiger partial charge in [-0.3, -0.25) is 9.59 Å². The van der Waals surface area contributed by atoms with Crippen LogP contribution < -0.4 is 14.2 Å². The number of dihydropyridines is 1. The topological polar surface area (TPSA) is 98.8 Å². The van der Waals surface area contributed by atoms with Crippen LogP contribution in [-0.2, 0) is 26.1 Å². The van der Waals surface area contributed by atoms with Gasteiger partial charge in [-0.15, -0.1) is 6.58 Å². The lowest BCUT2D eigenvalue weighted by Crippen LogP contribution is -2.36. The van der Waals surface area contributed by atoms with Gasteiger partial charge in [0, 0.05) is 46.9 Å². The van der Waals surface area contributed by atoms with E-state index >= 15 is 0 Å². The third kappa shape index (κ3) is 4.69. The zero-order valence-electron chi connectivity index (χ0n) is 21.6. The molecule has 5 rings (SSSR count). The maximum absolute atomic E-state index is 13.2. The highest BCUT2D eigenvalue weighted by Crippen LogP contribution is 2.47. The van der Waals surface area contributed by atoms with Crippen molar-refractivity contribution >= 4 is 21.7 Å². The van der Waals surface area contributed by atoms with Gasteiger partial charge in [0.05, 0.1) is 7.11 Å². The number of hydrogen-bond acceptors (Lipinski definition) is 7. The monoisotopic (exact) mass is 533 g/mol. The van der Waals surface area contributed by atoms with Crippen LogP contribution in [0.5, 0.6) is 11.5 Å². The Labute approximate surface area is 223 Å². The normalized spacial score (nSPS) is 18.1. The van der Waals surface area contributed by atoms with Crippen LogP contribution in [-0.4, -0.2) is 27.1 Å². The third-order valence-electron chi connectivity index (χ3n) is 7.37. The van der Waals surface area contributed by atoms with Crippen molar-refractivity contribution in [2.45, 2.75) is 62.7 Å². The Kier molecular flexibility index (Phi) is 7.01. The van der Waals surface area contributed by atoms with Gasteiger partial charge in [0.2, 0.25) is 0 Å². The van der Waals surface area contributed by atoms with Crippen molar-refractivity contribution in [3.8, 4) is 11.5 Å². The van der Waals surface area contributed by atoms with Crippen molar-refractivity contribution in [3.63, 3.8) is 0 Å². The predicted octanol–water partition coefficient (Wildman–Crippen LogP) is 5.20. The van der Waals surface area contributed by atoms with Crippen LogP contribution >= 0.6 is 0 Å². The maximum atomic E-state index is 13.2. The molecule has 0 aromatic heterocycles. The third-order valence-corrected chi connectivity index (χ3v) is 8.60. The fourth-order valence-corrected chi connectivity index (χ4v) is 6.56. The van der Waals surface area contributed by atoms with Crippen LogP contribution in [0.3, 0.4) is 0 Å². The zero-order chi connectivity index (χ0) is 27.0. The van der Waals surface area contributed by atoms with E-state index in [9.17, 15) is 18.0 Å². The highest BCUT2D eigenvalue weighted by atomic mass is 32.2. The van der Waals surface area contributed by atoms with E-state index in [0.717, 1.165) is 42.6 Å². The Morgan fingerprint density at radius 1 is 0.974 bits per heavy atom. The fourth-order valence-electron chi connectivity index (χ4n) is 5.58. The molecule has 0 unspecified atom stereocenters. The van der Waals surface area contributed by atoms with E-state index < -0.39 is 16.0 Å². The second kappa shape index (κ2) is 10.3. The molecule has 3 aliphatic rings. The molecule has 0 spiro atoms. The summed E-state index contributed by atoms with van der Waals surface area (Å²) < 4.78 is 37.6. The second-order valence-corrected chi connectivity index (χ2v) is 11.5. The molecular weight excluding hydrogens is 502 g/mol. The molecule has 7 nitrogen and oxygen atoms in total. The molecule has 1 aliphatic heterocycles. The smallest absolute Gasteiger partial charge is 0.339 e. The molecule has 0 radical (unpaired) electrons. The van der Waals surface area contributed by atoms with E-state index in [1.165, 1.54) is 19.2 Å².